The average Bonchev–Trinajstić information content (AvgIpc) is 2.84. The fraction of sp³-hybridized carbons (Fsp3) is 0.0625. The number of hydrogen-bond acceptors (Lipinski definition) is 5. The average molecular weight is 312 g/mol. The Labute approximate surface area is 131 Å². The van der Waals surface area contributed by atoms with Crippen LogP contribution < -0.4 is 5.32 Å². The zero-order chi connectivity index (χ0) is 15.7. The summed E-state index contributed by atoms with van der Waals surface area (Å²) in [5.41, 5.74) is 1.75. The first-order chi connectivity index (χ1) is 10.6. The molecule has 0 fully saturated rings. The van der Waals surface area contributed by atoms with Crippen LogP contribution in [-0.4, -0.2) is 17.8 Å². The van der Waals surface area contributed by atoms with Crippen molar-refractivity contribution in [3.63, 3.8) is 0 Å². The second-order valence-electron chi connectivity index (χ2n) is 4.72. The number of nitro benzene ring substituents is 1. The molecule has 110 valence electrons. The number of hydrogen-bond donors (Lipinski definition) is 1. The van der Waals surface area contributed by atoms with E-state index in [9.17, 15) is 14.9 Å². The number of carbonyl (C=O) groups excluding carboxylic acids is 1. The van der Waals surface area contributed by atoms with E-state index in [0.717, 1.165) is 4.90 Å². The van der Waals surface area contributed by atoms with Crippen molar-refractivity contribution in [3.05, 3.63) is 68.6 Å². The lowest BCUT2D eigenvalue weighted by Crippen LogP contribution is -1.97. The van der Waals surface area contributed by atoms with Gasteiger partial charge in [-0.05, 0) is 29.8 Å². The van der Waals surface area contributed by atoms with Crippen LogP contribution in [0.3, 0.4) is 0 Å². The molecule has 22 heavy (non-hydrogen) atoms. The molecule has 0 saturated carbocycles. The van der Waals surface area contributed by atoms with E-state index in [2.05, 4.69) is 5.32 Å². The van der Waals surface area contributed by atoms with Crippen molar-refractivity contribution in [2.24, 2.45) is 0 Å². The molecule has 1 heterocycles. The van der Waals surface area contributed by atoms with Gasteiger partial charge in [-0.2, -0.15) is 0 Å². The predicted octanol–water partition coefficient (Wildman–Crippen LogP) is 3.97. The molecule has 1 aliphatic heterocycles. The maximum absolute atomic E-state index is 12.3. The lowest BCUT2D eigenvalue weighted by molar-refractivity contribution is -0.383. The van der Waals surface area contributed by atoms with Gasteiger partial charge < -0.3 is 5.32 Å². The Bertz CT molecular complexity index is 815. The quantitative estimate of drug-likeness (QED) is 0.527. The smallest absolute Gasteiger partial charge is 0.292 e. The van der Waals surface area contributed by atoms with Crippen LogP contribution in [0.15, 0.2) is 52.3 Å². The molecular weight excluding hydrogens is 300 g/mol. The molecule has 0 saturated heterocycles. The van der Waals surface area contributed by atoms with Gasteiger partial charge in [0.15, 0.2) is 0 Å². The minimum absolute atomic E-state index is 0.00944. The van der Waals surface area contributed by atoms with E-state index < -0.39 is 4.92 Å². The van der Waals surface area contributed by atoms with Crippen LogP contribution in [-0.2, 0) is 0 Å². The number of Topliss-reactive ketones (excluding diaryl/α,β-unsaturated/α-hetero) is 1. The van der Waals surface area contributed by atoms with Gasteiger partial charge in [0, 0.05) is 23.6 Å². The van der Waals surface area contributed by atoms with Gasteiger partial charge in [0.1, 0.15) is 5.69 Å². The van der Waals surface area contributed by atoms with Gasteiger partial charge in [0.25, 0.3) is 5.69 Å². The zero-order valence-electron chi connectivity index (χ0n) is 11.7. The van der Waals surface area contributed by atoms with E-state index in [4.69, 9.17) is 0 Å². The number of allylic oxidation sites excluding steroid dienone is 1. The van der Waals surface area contributed by atoms with E-state index >= 15 is 0 Å². The molecule has 2 aromatic rings. The fourth-order valence-electron chi connectivity index (χ4n) is 2.29. The maximum Gasteiger partial charge on any atom is 0.292 e. The molecule has 1 N–H and O–H groups in total. The van der Waals surface area contributed by atoms with E-state index in [1.807, 2.05) is 18.2 Å². The summed E-state index contributed by atoms with van der Waals surface area (Å²) in [6.45, 7) is 0. The summed E-state index contributed by atoms with van der Waals surface area (Å²) in [5.74, 6) is -0.0408. The van der Waals surface area contributed by atoms with Crippen molar-refractivity contribution in [2.75, 3.05) is 12.4 Å². The van der Waals surface area contributed by atoms with Crippen molar-refractivity contribution < 1.29 is 9.72 Å². The van der Waals surface area contributed by atoms with Crippen molar-refractivity contribution in [3.8, 4) is 0 Å². The summed E-state index contributed by atoms with van der Waals surface area (Å²) in [4.78, 5) is 24.4. The summed E-state index contributed by atoms with van der Waals surface area (Å²) in [5, 5.41) is 13.9. The lowest BCUT2D eigenvalue weighted by Gasteiger charge is -2.03. The monoisotopic (exact) mass is 312 g/mol. The molecule has 0 unspecified atom stereocenters. The number of carbonyl (C=O) groups is 1. The van der Waals surface area contributed by atoms with Crippen molar-refractivity contribution in [2.45, 2.75) is 4.90 Å². The fourth-order valence-corrected chi connectivity index (χ4v) is 3.34. The molecule has 5 nitrogen and oxygen atoms in total. The van der Waals surface area contributed by atoms with Crippen LogP contribution in [0, 0.1) is 10.1 Å². The molecule has 0 aliphatic carbocycles. The molecule has 0 spiro atoms. The number of nitrogens with zero attached hydrogens (tertiary/aromatic N) is 1. The number of benzene rings is 2. The Kier molecular flexibility index (Phi) is 3.68. The van der Waals surface area contributed by atoms with Crippen molar-refractivity contribution >= 4 is 35.0 Å². The zero-order valence-corrected chi connectivity index (χ0v) is 12.5. The Morgan fingerprint density at radius 2 is 2.00 bits per heavy atom. The summed E-state index contributed by atoms with van der Waals surface area (Å²) < 4.78 is 0. The second kappa shape index (κ2) is 5.65. The minimum atomic E-state index is -0.438. The molecule has 3 rings (SSSR count). The van der Waals surface area contributed by atoms with Crippen molar-refractivity contribution in [1.82, 2.24) is 0 Å². The Morgan fingerprint density at radius 3 is 2.68 bits per heavy atom. The van der Waals surface area contributed by atoms with Gasteiger partial charge >= 0.3 is 0 Å². The van der Waals surface area contributed by atoms with Crippen LogP contribution >= 0.6 is 11.8 Å². The highest BCUT2D eigenvalue weighted by molar-refractivity contribution is 8.04. The minimum Gasteiger partial charge on any atom is -0.383 e. The Morgan fingerprint density at radius 1 is 1.23 bits per heavy atom. The van der Waals surface area contributed by atoms with Gasteiger partial charge in [-0.15, -0.1) is 0 Å². The highest BCUT2D eigenvalue weighted by atomic mass is 32.2. The van der Waals surface area contributed by atoms with Crippen LogP contribution in [0.1, 0.15) is 15.9 Å². The topological polar surface area (TPSA) is 72.2 Å². The van der Waals surface area contributed by atoms with Crippen LogP contribution in [0.4, 0.5) is 11.4 Å². The number of anilines is 1. The van der Waals surface area contributed by atoms with Gasteiger partial charge in [-0.1, -0.05) is 30.0 Å². The summed E-state index contributed by atoms with van der Waals surface area (Å²) in [6.07, 6.45) is 1.69. The van der Waals surface area contributed by atoms with E-state index in [1.54, 1.807) is 31.3 Å². The maximum atomic E-state index is 12.3. The van der Waals surface area contributed by atoms with Gasteiger partial charge in [-0.25, -0.2) is 0 Å². The number of rotatable bonds is 3. The van der Waals surface area contributed by atoms with Crippen molar-refractivity contribution in [1.29, 1.82) is 0 Å². The van der Waals surface area contributed by atoms with Crippen LogP contribution in [0.25, 0.3) is 6.08 Å². The molecule has 1 aliphatic rings. The molecule has 0 bridgehead atoms. The lowest BCUT2D eigenvalue weighted by atomic mass is 10.1. The van der Waals surface area contributed by atoms with Crippen LogP contribution in [0.2, 0.25) is 0 Å². The normalized spacial score (nSPS) is 15.0. The summed E-state index contributed by atoms with van der Waals surface area (Å²) in [7, 11) is 1.63. The number of thioether (sulfide) groups is 1. The first kappa shape index (κ1) is 14.3. The summed E-state index contributed by atoms with van der Waals surface area (Å²) >= 11 is 1.39. The van der Waals surface area contributed by atoms with E-state index in [0.29, 0.717) is 21.7 Å². The highest BCUT2D eigenvalue weighted by Gasteiger charge is 2.25. The van der Waals surface area contributed by atoms with E-state index in [1.165, 1.54) is 17.8 Å². The largest absolute Gasteiger partial charge is 0.383 e. The predicted molar refractivity (Wildman–Crippen MR) is 87.2 cm³/mol. The Balaban J connectivity index is 1.99. The molecule has 0 aromatic heterocycles. The molecule has 2 aromatic carbocycles. The number of nitro groups is 1. The van der Waals surface area contributed by atoms with E-state index in [-0.39, 0.29) is 11.5 Å². The third-order valence-electron chi connectivity index (χ3n) is 3.36. The number of fused-ring (bicyclic) bond motifs is 1. The van der Waals surface area contributed by atoms with Gasteiger partial charge in [-0.3, -0.25) is 14.9 Å². The molecule has 0 amide bonds. The molecule has 0 radical (unpaired) electrons. The highest BCUT2D eigenvalue weighted by Crippen LogP contribution is 2.41. The Hall–Kier alpha value is -2.60. The number of nitrogens with one attached hydrogen (secondary N) is 1. The summed E-state index contributed by atoms with van der Waals surface area (Å²) in [6, 6.07) is 12.3. The third kappa shape index (κ3) is 2.48. The second-order valence-corrected chi connectivity index (χ2v) is 5.80. The molecule has 6 heteroatoms. The van der Waals surface area contributed by atoms with Gasteiger partial charge in [0.2, 0.25) is 5.78 Å². The standard InChI is InChI=1S/C16H12N2O3S/c1-17-12-7-6-10(8-13(12)18(20)21)9-15-16(19)11-4-2-3-5-14(11)22-15/h2-9,17H,1H3/b15-9-. The van der Waals surface area contributed by atoms with Gasteiger partial charge in [0.05, 0.1) is 9.83 Å². The number of ketones is 1. The first-order valence-electron chi connectivity index (χ1n) is 6.59. The first-order valence-corrected chi connectivity index (χ1v) is 7.41. The molecular formula is C16H12N2O3S. The van der Waals surface area contributed by atoms with Crippen LogP contribution in [0.5, 0.6) is 0 Å². The molecule has 0 atom stereocenters. The third-order valence-corrected chi connectivity index (χ3v) is 4.46. The SMILES string of the molecule is CNc1ccc(/C=C2\Sc3ccccc3C2=O)cc1[N+](=O)[O-].